The Morgan fingerprint density at radius 1 is 1.54 bits per heavy atom. The Hall–Kier alpha value is -1.36. The van der Waals surface area contributed by atoms with Crippen molar-refractivity contribution in [3.8, 4) is 0 Å². The number of rotatable bonds is 1. The Morgan fingerprint density at radius 2 is 2.31 bits per heavy atom. The van der Waals surface area contributed by atoms with Gasteiger partial charge in [0.1, 0.15) is 5.52 Å². The van der Waals surface area contributed by atoms with Crippen LogP contribution in [0.2, 0.25) is 0 Å². The molecule has 0 fully saturated rings. The van der Waals surface area contributed by atoms with E-state index in [0.29, 0.717) is 10.9 Å². The first kappa shape index (κ1) is 8.25. The smallest absolute Gasteiger partial charge is 0.287 e. The molecule has 0 aliphatic rings. The summed E-state index contributed by atoms with van der Waals surface area (Å²) < 4.78 is 5.64. The van der Waals surface area contributed by atoms with E-state index >= 15 is 0 Å². The van der Waals surface area contributed by atoms with Gasteiger partial charge in [-0.05, 0) is 18.2 Å². The van der Waals surface area contributed by atoms with Gasteiger partial charge in [-0.25, -0.2) is 0 Å². The zero-order chi connectivity index (χ0) is 9.42. The first-order valence-electron chi connectivity index (χ1n) is 3.53. The van der Waals surface area contributed by atoms with Crippen LogP contribution in [0.5, 0.6) is 0 Å². The predicted octanol–water partition coefficient (Wildman–Crippen LogP) is 1.69. The molecule has 0 spiro atoms. The number of hydrogen-bond acceptors (Lipinski definition) is 3. The molecule has 2 rings (SSSR count). The summed E-state index contributed by atoms with van der Waals surface area (Å²) in [6.45, 7) is 0. The van der Waals surface area contributed by atoms with E-state index in [4.69, 9.17) is 10.3 Å². The number of benzene rings is 1. The van der Waals surface area contributed by atoms with Crippen molar-refractivity contribution in [2.45, 2.75) is 0 Å². The fraction of sp³-hybridized carbons (Fsp3) is 0. The van der Waals surface area contributed by atoms with Gasteiger partial charge in [0, 0.05) is 4.47 Å². The van der Waals surface area contributed by atoms with E-state index < -0.39 is 5.91 Å². The lowest BCUT2D eigenvalue weighted by Gasteiger charge is -1.89. The van der Waals surface area contributed by atoms with Gasteiger partial charge in [0.2, 0.25) is 5.76 Å². The van der Waals surface area contributed by atoms with Crippen LogP contribution < -0.4 is 5.73 Å². The van der Waals surface area contributed by atoms with Crippen molar-refractivity contribution < 1.29 is 9.32 Å². The van der Waals surface area contributed by atoms with Crippen LogP contribution in [-0.2, 0) is 0 Å². The van der Waals surface area contributed by atoms with Gasteiger partial charge in [-0.2, -0.15) is 0 Å². The molecule has 1 aromatic carbocycles. The molecular formula is C8H5BrN2O2. The SMILES string of the molecule is NC(=O)c1onc2ccc(Br)cc12. The third kappa shape index (κ3) is 1.31. The monoisotopic (exact) mass is 240 g/mol. The predicted molar refractivity (Wildman–Crippen MR) is 50.2 cm³/mol. The van der Waals surface area contributed by atoms with Gasteiger partial charge in [0.25, 0.3) is 5.91 Å². The van der Waals surface area contributed by atoms with Gasteiger partial charge in [-0.1, -0.05) is 21.1 Å². The number of aromatic nitrogens is 1. The molecule has 0 saturated carbocycles. The first-order valence-corrected chi connectivity index (χ1v) is 4.32. The van der Waals surface area contributed by atoms with Gasteiger partial charge in [-0.15, -0.1) is 0 Å². The van der Waals surface area contributed by atoms with E-state index in [-0.39, 0.29) is 5.76 Å². The molecule has 2 N–H and O–H groups in total. The van der Waals surface area contributed by atoms with Crippen LogP contribution in [0.25, 0.3) is 10.9 Å². The lowest BCUT2D eigenvalue weighted by molar-refractivity contribution is 0.0967. The molecule has 1 aromatic heterocycles. The number of carbonyl (C=O) groups is 1. The minimum absolute atomic E-state index is 0.0938. The molecule has 66 valence electrons. The van der Waals surface area contributed by atoms with E-state index in [0.717, 1.165) is 4.47 Å². The quantitative estimate of drug-likeness (QED) is 0.825. The standard InChI is InChI=1S/C8H5BrN2O2/c9-4-1-2-6-5(3-4)7(8(10)12)13-11-6/h1-3H,(H2,10,12). The molecular weight excluding hydrogens is 236 g/mol. The van der Waals surface area contributed by atoms with E-state index in [1.165, 1.54) is 0 Å². The number of halogens is 1. The molecule has 1 heterocycles. The van der Waals surface area contributed by atoms with Crippen LogP contribution in [0.3, 0.4) is 0 Å². The molecule has 0 atom stereocenters. The van der Waals surface area contributed by atoms with Gasteiger partial charge in [-0.3, -0.25) is 4.79 Å². The van der Waals surface area contributed by atoms with Crippen LogP contribution in [-0.4, -0.2) is 11.1 Å². The van der Waals surface area contributed by atoms with Crippen molar-refractivity contribution in [3.63, 3.8) is 0 Å². The molecule has 0 radical (unpaired) electrons. The largest absolute Gasteiger partial charge is 0.363 e. The van der Waals surface area contributed by atoms with Crippen LogP contribution >= 0.6 is 15.9 Å². The number of hydrogen-bond donors (Lipinski definition) is 1. The Kier molecular flexibility index (Phi) is 1.81. The molecule has 0 aliphatic carbocycles. The van der Waals surface area contributed by atoms with Gasteiger partial charge in [0.05, 0.1) is 5.39 Å². The van der Waals surface area contributed by atoms with Gasteiger partial charge >= 0.3 is 0 Å². The van der Waals surface area contributed by atoms with Crippen molar-refractivity contribution in [1.29, 1.82) is 0 Å². The summed E-state index contributed by atoms with van der Waals surface area (Å²) in [5.74, 6) is -0.517. The summed E-state index contributed by atoms with van der Waals surface area (Å²) in [6, 6.07) is 5.30. The maximum Gasteiger partial charge on any atom is 0.287 e. The number of amides is 1. The summed E-state index contributed by atoms with van der Waals surface area (Å²) in [5.41, 5.74) is 5.71. The second-order valence-corrected chi connectivity index (χ2v) is 3.45. The normalized spacial score (nSPS) is 10.5. The number of fused-ring (bicyclic) bond motifs is 1. The molecule has 0 unspecified atom stereocenters. The lowest BCUT2D eigenvalue weighted by atomic mass is 10.2. The molecule has 2 aromatic rings. The van der Waals surface area contributed by atoms with Crippen molar-refractivity contribution >= 4 is 32.7 Å². The van der Waals surface area contributed by atoms with Crippen molar-refractivity contribution in [1.82, 2.24) is 5.16 Å². The van der Waals surface area contributed by atoms with E-state index in [2.05, 4.69) is 21.1 Å². The van der Waals surface area contributed by atoms with E-state index in [1.807, 2.05) is 6.07 Å². The number of nitrogens with zero attached hydrogens (tertiary/aromatic N) is 1. The van der Waals surface area contributed by atoms with Crippen LogP contribution in [0.15, 0.2) is 27.2 Å². The highest BCUT2D eigenvalue weighted by molar-refractivity contribution is 9.10. The molecule has 1 amide bonds. The summed E-state index contributed by atoms with van der Waals surface area (Å²) in [7, 11) is 0. The average Bonchev–Trinajstić information content (AvgIpc) is 2.46. The van der Waals surface area contributed by atoms with E-state index in [9.17, 15) is 4.79 Å². The Bertz CT molecular complexity index is 478. The van der Waals surface area contributed by atoms with Crippen molar-refractivity contribution in [2.75, 3.05) is 0 Å². The van der Waals surface area contributed by atoms with E-state index in [1.54, 1.807) is 12.1 Å². The fourth-order valence-electron chi connectivity index (χ4n) is 1.09. The Balaban J connectivity index is 2.79. The number of nitrogens with two attached hydrogens (primary N) is 1. The molecule has 4 nitrogen and oxygen atoms in total. The van der Waals surface area contributed by atoms with Crippen LogP contribution in [0, 0.1) is 0 Å². The minimum atomic E-state index is -0.611. The second kappa shape index (κ2) is 2.85. The van der Waals surface area contributed by atoms with Gasteiger partial charge < -0.3 is 10.3 Å². The second-order valence-electron chi connectivity index (χ2n) is 2.54. The summed E-state index contributed by atoms with van der Waals surface area (Å²) >= 11 is 3.28. The highest BCUT2D eigenvalue weighted by Crippen LogP contribution is 2.22. The highest BCUT2D eigenvalue weighted by atomic mass is 79.9. The van der Waals surface area contributed by atoms with Crippen LogP contribution in [0.1, 0.15) is 10.6 Å². The topological polar surface area (TPSA) is 69.1 Å². The average molecular weight is 241 g/mol. The van der Waals surface area contributed by atoms with Crippen LogP contribution in [0.4, 0.5) is 0 Å². The number of primary amides is 1. The molecule has 13 heavy (non-hydrogen) atoms. The zero-order valence-electron chi connectivity index (χ0n) is 6.45. The Labute approximate surface area is 81.8 Å². The molecule has 0 bridgehead atoms. The summed E-state index contributed by atoms with van der Waals surface area (Å²) in [4.78, 5) is 10.9. The maximum atomic E-state index is 10.9. The zero-order valence-corrected chi connectivity index (χ0v) is 8.04. The first-order chi connectivity index (χ1) is 6.18. The summed E-state index contributed by atoms with van der Waals surface area (Å²) in [5, 5.41) is 4.31. The number of carbonyl (C=O) groups excluding carboxylic acids is 1. The molecule has 0 aliphatic heterocycles. The fourth-order valence-corrected chi connectivity index (χ4v) is 1.45. The molecule has 5 heteroatoms. The van der Waals surface area contributed by atoms with Crippen molar-refractivity contribution in [2.24, 2.45) is 5.73 Å². The maximum absolute atomic E-state index is 10.9. The lowest BCUT2D eigenvalue weighted by Crippen LogP contribution is -2.09. The summed E-state index contributed by atoms with van der Waals surface area (Å²) in [6.07, 6.45) is 0. The van der Waals surface area contributed by atoms with Crippen molar-refractivity contribution in [3.05, 3.63) is 28.4 Å². The van der Waals surface area contributed by atoms with Gasteiger partial charge in [0.15, 0.2) is 0 Å². The molecule has 0 saturated heterocycles. The third-order valence-electron chi connectivity index (χ3n) is 1.66. The minimum Gasteiger partial charge on any atom is -0.363 e. The third-order valence-corrected chi connectivity index (χ3v) is 2.16. The Morgan fingerprint density at radius 3 is 3.00 bits per heavy atom. The highest BCUT2D eigenvalue weighted by Gasteiger charge is 2.12.